The second-order valence-electron chi connectivity index (χ2n) is 5.26. The zero-order valence-corrected chi connectivity index (χ0v) is 12.0. The summed E-state index contributed by atoms with van der Waals surface area (Å²) in [7, 11) is 0. The van der Waals surface area contributed by atoms with Crippen LogP contribution in [-0.4, -0.2) is 22.6 Å². The van der Waals surface area contributed by atoms with Gasteiger partial charge in [0, 0.05) is 43.4 Å². The largest absolute Gasteiger partial charge is 0.372 e. The van der Waals surface area contributed by atoms with Crippen molar-refractivity contribution in [2.75, 3.05) is 23.3 Å². The predicted octanol–water partition coefficient (Wildman–Crippen LogP) is 3.64. The molecule has 2 aromatic rings. The van der Waals surface area contributed by atoms with Crippen LogP contribution in [-0.2, 0) is 6.54 Å². The second-order valence-corrected chi connectivity index (χ2v) is 5.26. The monoisotopic (exact) mass is 270 g/mol. The van der Waals surface area contributed by atoms with E-state index in [1.165, 1.54) is 38.0 Å². The lowest BCUT2D eigenvalue weighted by Crippen LogP contribution is -2.29. The van der Waals surface area contributed by atoms with Crippen molar-refractivity contribution in [2.45, 2.75) is 32.7 Å². The van der Waals surface area contributed by atoms with Crippen LogP contribution in [0.5, 0.6) is 0 Å². The van der Waals surface area contributed by atoms with Crippen molar-refractivity contribution >= 4 is 17.3 Å². The summed E-state index contributed by atoms with van der Waals surface area (Å²) >= 11 is 0. The third-order valence-corrected chi connectivity index (χ3v) is 3.90. The molecule has 0 bridgehead atoms. The van der Waals surface area contributed by atoms with Gasteiger partial charge in [0.15, 0.2) is 0 Å². The SMILES string of the molecule is CCn1ccnc1Nc1ccc(N2CCCCC2)cc1. The Morgan fingerprint density at radius 2 is 1.85 bits per heavy atom. The van der Waals surface area contributed by atoms with E-state index < -0.39 is 0 Å². The van der Waals surface area contributed by atoms with Crippen molar-refractivity contribution in [3.05, 3.63) is 36.7 Å². The van der Waals surface area contributed by atoms with Crippen molar-refractivity contribution in [3.8, 4) is 0 Å². The van der Waals surface area contributed by atoms with E-state index in [4.69, 9.17) is 0 Å². The number of aryl methyl sites for hydroxylation is 1. The van der Waals surface area contributed by atoms with Gasteiger partial charge in [0.2, 0.25) is 5.95 Å². The number of piperidine rings is 1. The molecule has 1 fully saturated rings. The van der Waals surface area contributed by atoms with E-state index in [9.17, 15) is 0 Å². The van der Waals surface area contributed by atoms with Crippen LogP contribution >= 0.6 is 0 Å². The minimum absolute atomic E-state index is 0.901. The molecule has 4 nitrogen and oxygen atoms in total. The number of anilines is 3. The Kier molecular flexibility index (Phi) is 3.90. The highest BCUT2D eigenvalue weighted by atomic mass is 15.2. The van der Waals surface area contributed by atoms with E-state index in [-0.39, 0.29) is 0 Å². The summed E-state index contributed by atoms with van der Waals surface area (Å²) in [5.74, 6) is 0.901. The van der Waals surface area contributed by atoms with Gasteiger partial charge in [-0.1, -0.05) is 0 Å². The molecule has 1 aliphatic rings. The minimum Gasteiger partial charge on any atom is -0.372 e. The Bertz CT molecular complexity index is 538. The smallest absolute Gasteiger partial charge is 0.207 e. The first-order valence-electron chi connectivity index (χ1n) is 7.50. The summed E-state index contributed by atoms with van der Waals surface area (Å²) in [6, 6.07) is 8.68. The Hall–Kier alpha value is -1.97. The van der Waals surface area contributed by atoms with E-state index in [2.05, 4.69) is 51.0 Å². The number of nitrogens with zero attached hydrogens (tertiary/aromatic N) is 3. The van der Waals surface area contributed by atoms with Crippen molar-refractivity contribution < 1.29 is 0 Å². The van der Waals surface area contributed by atoms with Gasteiger partial charge >= 0.3 is 0 Å². The lowest BCUT2D eigenvalue weighted by Gasteiger charge is -2.28. The van der Waals surface area contributed by atoms with Gasteiger partial charge in [-0.05, 0) is 50.5 Å². The van der Waals surface area contributed by atoms with Crippen molar-refractivity contribution in [2.24, 2.45) is 0 Å². The summed E-state index contributed by atoms with van der Waals surface area (Å²) in [5.41, 5.74) is 2.42. The maximum atomic E-state index is 4.34. The number of rotatable bonds is 4. The normalized spacial score (nSPS) is 15.3. The lowest BCUT2D eigenvalue weighted by atomic mass is 10.1. The Balaban J connectivity index is 1.69. The van der Waals surface area contributed by atoms with Gasteiger partial charge in [0.05, 0.1) is 0 Å². The second kappa shape index (κ2) is 5.99. The fourth-order valence-electron chi connectivity index (χ4n) is 2.73. The fraction of sp³-hybridized carbons (Fsp3) is 0.438. The molecule has 0 amide bonds. The molecule has 0 spiro atoms. The Labute approximate surface area is 120 Å². The third kappa shape index (κ3) is 2.79. The molecule has 20 heavy (non-hydrogen) atoms. The Morgan fingerprint density at radius 3 is 2.55 bits per heavy atom. The molecule has 1 N–H and O–H groups in total. The van der Waals surface area contributed by atoms with Gasteiger partial charge in [0.1, 0.15) is 0 Å². The molecule has 4 heteroatoms. The van der Waals surface area contributed by atoms with Crippen LogP contribution in [0.2, 0.25) is 0 Å². The highest BCUT2D eigenvalue weighted by molar-refractivity contribution is 5.59. The Morgan fingerprint density at radius 1 is 1.10 bits per heavy atom. The molecule has 3 rings (SSSR count). The lowest BCUT2D eigenvalue weighted by molar-refractivity contribution is 0.578. The third-order valence-electron chi connectivity index (χ3n) is 3.90. The molecule has 1 aromatic heterocycles. The molecule has 1 saturated heterocycles. The van der Waals surface area contributed by atoms with Crippen LogP contribution in [0.4, 0.5) is 17.3 Å². The molecular weight excluding hydrogens is 248 g/mol. The van der Waals surface area contributed by atoms with Crippen LogP contribution in [0.15, 0.2) is 36.7 Å². The van der Waals surface area contributed by atoms with Gasteiger partial charge in [0.25, 0.3) is 0 Å². The molecule has 0 radical (unpaired) electrons. The van der Waals surface area contributed by atoms with Crippen LogP contribution in [0.3, 0.4) is 0 Å². The van der Waals surface area contributed by atoms with Crippen LogP contribution in [0, 0.1) is 0 Å². The number of hydrogen-bond donors (Lipinski definition) is 1. The molecule has 106 valence electrons. The molecule has 0 aliphatic carbocycles. The number of aromatic nitrogens is 2. The first kappa shape index (κ1) is 13.0. The van der Waals surface area contributed by atoms with Gasteiger partial charge in [-0.3, -0.25) is 0 Å². The molecule has 1 aromatic carbocycles. The first-order chi connectivity index (χ1) is 9.86. The summed E-state index contributed by atoms with van der Waals surface area (Å²) in [4.78, 5) is 6.81. The fourth-order valence-corrected chi connectivity index (χ4v) is 2.73. The van der Waals surface area contributed by atoms with Crippen molar-refractivity contribution in [3.63, 3.8) is 0 Å². The number of nitrogens with one attached hydrogen (secondary N) is 1. The summed E-state index contributed by atoms with van der Waals surface area (Å²) in [5, 5.41) is 3.37. The van der Waals surface area contributed by atoms with Crippen molar-refractivity contribution in [1.82, 2.24) is 9.55 Å². The average Bonchev–Trinajstić information content (AvgIpc) is 2.96. The zero-order chi connectivity index (χ0) is 13.8. The van der Waals surface area contributed by atoms with Crippen LogP contribution in [0.25, 0.3) is 0 Å². The molecule has 1 aliphatic heterocycles. The van der Waals surface area contributed by atoms with Crippen LogP contribution < -0.4 is 10.2 Å². The zero-order valence-electron chi connectivity index (χ0n) is 12.0. The molecule has 0 atom stereocenters. The molecule has 0 unspecified atom stereocenters. The molecular formula is C16H22N4. The molecule has 2 heterocycles. The van der Waals surface area contributed by atoms with Gasteiger partial charge < -0.3 is 14.8 Å². The summed E-state index contributed by atoms with van der Waals surface area (Å²) < 4.78 is 2.10. The maximum absolute atomic E-state index is 4.34. The van der Waals surface area contributed by atoms with Gasteiger partial charge in [-0.15, -0.1) is 0 Å². The van der Waals surface area contributed by atoms with Gasteiger partial charge in [-0.25, -0.2) is 4.98 Å². The van der Waals surface area contributed by atoms with Gasteiger partial charge in [-0.2, -0.15) is 0 Å². The van der Waals surface area contributed by atoms with E-state index in [1.54, 1.807) is 0 Å². The van der Waals surface area contributed by atoms with E-state index >= 15 is 0 Å². The maximum Gasteiger partial charge on any atom is 0.207 e. The van der Waals surface area contributed by atoms with E-state index in [1.807, 2.05) is 12.4 Å². The highest BCUT2D eigenvalue weighted by Crippen LogP contribution is 2.23. The number of imidazole rings is 1. The number of benzene rings is 1. The topological polar surface area (TPSA) is 33.1 Å². The van der Waals surface area contributed by atoms with Crippen molar-refractivity contribution in [1.29, 1.82) is 0 Å². The summed E-state index contributed by atoms with van der Waals surface area (Å²) in [6.07, 6.45) is 7.82. The van der Waals surface area contributed by atoms with Crippen LogP contribution in [0.1, 0.15) is 26.2 Å². The van der Waals surface area contributed by atoms with E-state index in [0.29, 0.717) is 0 Å². The minimum atomic E-state index is 0.901. The highest BCUT2D eigenvalue weighted by Gasteiger charge is 2.10. The van der Waals surface area contributed by atoms with E-state index in [0.717, 1.165) is 18.2 Å². The number of hydrogen-bond acceptors (Lipinski definition) is 3. The molecule has 0 saturated carbocycles. The summed E-state index contributed by atoms with van der Waals surface area (Å²) in [6.45, 7) is 5.42. The predicted molar refractivity (Wildman–Crippen MR) is 83.7 cm³/mol. The standard InChI is InChI=1S/C16H22N4/c1-2-19-13-10-17-16(19)18-14-6-8-15(9-7-14)20-11-4-3-5-12-20/h6-10,13H,2-5,11-12H2,1H3,(H,17,18). The average molecular weight is 270 g/mol. The quantitative estimate of drug-likeness (QED) is 0.920. The first-order valence-corrected chi connectivity index (χ1v) is 7.50.